The van der Waals surface area contributed by atoms with E-state index in [9.17, 15) is 4.79 Å². The molecule has 28 heavy (non-hydrogen) atoms. The number of amides is 1. The first kappa shape index (κ1) is 18.1. The lowest BCUT2D eigenvalue weighted by Crippen LogP contribution is -2.20. The van der Waals surface area contributed by atoms with Crippen molar-refractivity contribution in [1.82, 2.24) is 0 Å². The molecule has 1 amide bonds. The molecule has 6 heteroatoms. The maximum Gasteiger partial charge on any atom is 0.226 e. The van der Waals surface area contributed by atoms with Crippen molar-refractivity contribution >= 4 is 40.4 Å². The lowest BCUT2D eigenvalue weighted by molar-refractivity contribution is -0.116. The zero-order valence-corrected chi connectivity index (χ0v) is 16.2. The summed E-state index contributed by atoms with van der Waals surface area (Å²) in [7, 11) is 1.74. The molecule has 144 valence electrons. The topological polar surface area (TPSA) is 82.8 Å². The van der Waals surface area contributed by atoms with Crippen molar-refractivity contribution in [2.45, 2.75) is 25.8 Å². The molecule has 1 atom stereocenters. The van der Waals surface area contributed by atoms with E-state index >= 15 is 0 Å². The molecule has 0 fully saturated rings. The first-order chi connectivity index (χ1) is 13.6. The van der Waals surface area contributed by atoms with E-state index in [4.69, 9.17) is 5.73 Å². The molecule has 4 rings (SSSR count). The molecule has 2 aromatic carbocycles. The number of anilines is 4. The van der Waals surface area contributed by atoms with Crippen LogP contribution in [0.15, 0.2) is 47.6 Å². The van der Waals surface area contributed by atoms with Crippen molar-refractivity contribution in [3.05, 3.63) is 53.7 Å². The van der Waals surface area contributed by atoms with Gasteiger partial charge in [0.05, 0.1) is 17.1 Å². The second-order valence-electron chi connectivity index (χ2n) is 7.25. The number of nitrogens with two attached hydrogens (primary N) is 1. The maximum atomic E-state index is 12.1. The Morgan fingerprint density at radius 3 is 2.93 bits per heavy atom. The second-order valence-corrected chi connectivity index (χ2v) is 7.25. The fourth-order valence-electron chi connectivity index (χ4n) is 3.98. The van der Waals surface area contributed by atoms with Gasteiger partial charge in [0.25, 0.3) is 0 Å². The molecule has 0 aromatic heterocycles. The number of rotatable bonds is 3. The molecule has 2 aliphatic rings. The number of hydrogen-bond acceptors (Lipinski definition) is 5. The van der Waals surface area contributed by atoms with E-state index in [1.807, 2.05) is 19.1 Å². The highest BCUT2D eigenvalue weighted by Gasteiger charge is 2.26. The van der Waals surface area contributed by atoms with Gasteiger partial charge in [0.2, 0.25) is 5.91 Å². The van der Waals surface area contributed by atoms with Gasteiger partial charge in [-0.2, -0.15) is 0 Å². The van der Waals surface area contributed by atoms with Gasteiger partial charge in [-0.3, -0.25) is 9.79 Å². The minimum absolute atomic E-state index is 0.0426. The Morgan fingerprint density at radius 2 is 2.14 bits per heavy atom. The summed E-state index contributed by atoms with van der Waals surface area (Å²) < 4.78 is 0. The van der Waals surface area contributed by atoms with E-state index < -0.39 is 0 Å². The maximum absolute atomic E-state index is 12.1. The summed E-state index contributed by atoms with van der Waals surface area (Å²) >= 11 is 0. The predicted octanol–water partition coefficient (Wildman–Crippen LogP) is 3.52. The number of carbonyl (C=O) groups excluding carboxylic acids is 1. The van der Waals surface area contributed by atoms with Gasteiger partial charge in [-0.25, -0.2) is 0 Å². The van der Waals surface area contributed by atoms with Crippen LogP contribution in [-0.2, 0) is 11.2 Å². The largest absolute Gasteiger partial charge is 0.404 e. The normalized spacial score (nSPS) is 19.1. The third-order valence-corrected chi connectivity index (χ3v) is 5.25. The van der Waals surface area contributed by atoms with Gasteiger partial charge < -0.3 is 21.3 Å². The number of nitrogens with one attached hydrogen (secondary N) is 2. The van der Waals surface area contributed by atoms with Crippen LogP contribution in [0.4, 0.5) is 22.7 Å². The number of aliphatic imine (C=N–C) groups is 1. The van der Waals surface area contributed by atoms with Crippen LogP contribution in [0.25, 0.3) is 5.57 Å². The van der Waals surface area contributed by atoms with Crippen LogP contribution < -0.4 is 21.3 Å². The monoisotopic (exact) mass is 375 g/mol. The SMILES string of the molecule is CN=CC(=CN)c1ccc2c(c1)CCN2c1cccc2c1N[C@H](C)CC(=O)N2. The highest BCUT2D eigenvalue weighted by atomic mass is 16.1. The number of para-hydroxylation sites is 1. The number of allylic oxidation sites excluding steroid dienone is 1. The van der Waals surface area contributed by atoms with Crippen LogP contribution in [0.2, 0.25) is 0 Å². The highest BCUT2D eigenvalue weighted by molar-refractivity contribution is 6.09. The minimum atomic E-state index is 0.0426. The fraction of sp³-hybridized carbons (Fsp3) is 0.273. The van der Waals surface area contributed by atoms with Gasteiger partial charge in [-0.05, 0) is 48.7 Å². The van der Waals surface area contributed by atoms with E-state index in [1.165, 1.54) is 11.3 Å². The molecule has 0 spiro atoms. The van der Waals surface area contributed by atoms with Gasteiger partial charge in [-0.1, -0.05) is 12.1 Å². The number of carbonyl (C=O) groups is 1. The van der Waals surface area contributed by atoms with Crippen molar-refractivity contribution in [2.75, 3.05) is 29.1 Å². The average Bonchev–Trinajstić information content (AvgIpc) is 3.03. The second kappa shape index (κ2) is 7.38. The van der Waals surface area contributed by atoms with Crippen molar-refractivity contribution in [3.8, 4) is 0 Å². The van der Waals surface area contributed by atoms with E-state index in [1.54, 1.807) is 19.5 Å². The smallest absolute Gasteiger partial charge is 0.226 e. The lowest BCUT2D eigenvalue weighted by atomic mass is 10.0. The van der Waals surface area contributed by atoms with Crippen LogP contribution >= 0.6 is 0 Å². The van der Waals surface area contributed by atoms with Crippen molar-refractivity contribution in [3.63, 3.8) is 0 Å². The Kier molecular flexibility index (Phi) is 4.77. The standard InChI is InChI=1S/C22H25N5O/c1-14-10-21(28)26-18-4-3-5-20(22(18)25-14)27-9-8-16-11-15(6-7-19(16)27)17(12-23)13-24-2/h3-7,11-14,25H,8-10,23H2,1-2H3,(H,26,28)/t14-/m1/s1. The molecule has 0 unspecified atom stereocenters. The Labute approximate surface area is 165 Å². The van der Waals surface area contributed by atoms with Crippen molar-refractivity contribution < 1.29 is 4.79 Å². The molecular weight excluding hydrogens is 350 g/mol. The molecule has 0 radical (unpaired) electrons. The summed E-state index contributed by atoms with van der Waals surface area (Å²) in [5.41, 5.74) is 13.1. The van der Waals surface area contributed by atoms with Crippen LogP contribution in [-0.4, -0.2) is 31.8 Å². The summed E-state index contributed by atoms with van der Waals surface area (Å²) in [6.07, 6.45) is 4.78. The summed E-state index contributed by atoms with van der Waals surface area (Å²) in [6.45, 7) is 2.93. The number of nitrogens with zero attached hydrogens (tertiary/aromatic N) is 2. The van der Waals surface area contributed by atoms with Crippen LogP contribution in [0.5, 0.6) is 0 Å². The van der Waals surface area contributed by atoms with Gasteiger partial charge in [0.1, 0.15) is 0 Å². The number of benzene rings is 2. The summed E-state index contributed by atoms with van der Waals surface area (Å²) in [6, 6.07) is 12.5. The Balaban J connectivity index is 1.73. The van der Waals surface area contributed by atoms with Crippen LogP contribution in [0.3, 0.4) is 0 Å². The molecular formula is C22H25N5O. The van der Waals surface area contributed by atoms with E-state index in [0.29, 0.717) is 6.42 Å². The van der Waals surface area contributed by atoms with Crippen LogP contribution in [0, 0.1) is 0 Å². The molecule has 0 saturated heterocycles. The quantitative estimate of drug-likeness (QED) is 0.717. The fourth-order valence-corrected chi connectivity index (χ4v) is 3.98. The van der Waals surface area contributed by atoms with Gasteiger partial charge in [0.15, 0.2) is 0 Å². The minimum Gasteiger partial charge on any atom is -0.404 e. The summed E-state index contributed by atoms with van der Waals surface area (Å²) in [4.78, 5) is 18.5. The first-order valence-corrected chi connectivity index (χ1v) is 9.55. The molecule has 6 nitrogen and oxygen atoms in total. The molecule has 0 aliphatic carbocycles. The Bertz CT molecular complexity index is 979. The van der Waals surface area contributed by atoms with Gasteiger partial charge in [-0.15, -0.1) is 0 Å². The molecule has 2 heterocycles. The average molecular weight is 375 g/mol. The van der Waals surface area contributed by atoms with Gasteiger partial charge in [0, 0.05) is 49.7 Å². The lowest BCUT2D eigenvalue weighted by Gasteiger charge is -2.25. The molecule has 0 saturated carbocycles. The van der Waals surface area contributed by atoms with E-state index in [-0.39, 0.29) is 11.9 Å². The van der Waals surface area contributed by atoms with Crippen molar-refractivity contribution in [1.29, 1.82) is 0 Å². The Hall–Kier alpha value is -3.28. The van der Waals surface area contributed by atoms with E-state index in [2.05, 4.69) is 44.8 Å². The number of hydrogen-bond donors (Lipinski definition) is 3. The predicted molar refractivity (Wildman–Crippen MR) is 117 cm³/mol. The molecule has 0 bridgehead atoms. The number of fused-ring (bicyclic) bond motifs is 2. The summed E-state index contributed by atoms with van der Waals surface area (Å²) in [5.74, 6) is 0.0426. The van der Waals surface area contributed by atoms with E-state index in [0.717, 1.165) is 41.2 Å². The highest BCUT2D eigenvalue weighted by Crippen LogP contribution is 2.43. The van der Waals surface area contributed by atoms with Crippen LogP contribution in [0.1, 0.15) is 24.5 Å². The molecule has 2 aromatic rings. The summed E-state index contributed by atoms with van der Waals surface area (Å²) in [5, 5.41) is 6.54. The first-order valence-electron chi connectivity index (χ1n) is 9.55. The van der Waals surface area contributed by atoms with Crippen molar-refractivity contribution in [2.24, 2.45) is 10.7 Å². The third kappa shape index (κ3) is 3.22. The molecule has 2 aliphatic heterocycles. The van der Waals surface area contributed by atoms with Gasteiger partial charge >= 0.3 is 0 Å². The molecule has 4 N–H and O–H groups in total. The Morgan fingerprint density at radius 1 is 1.29 bits per heavy atom. The zero-order valence-electron chi connectivity index (χ0n) is 16.2. The zero-order chi connectivity index (χ0) is 19.7. The third-order valence-electron chi connectivity index (χ3n) is 5.25.